The number of hydrogen-bond donors (Lipinski definition) is 3. The van der Waals surface area contributed by atoms with Crippen molar-refractivity contribution in [2.45, 2.75) is 45.1 Å². The van der Waals surface area contributed by atoms with Gasteiger partial charge in [-0.05, 0) is 45.5 Å². The number of urea groups is 1. The van der Waals surface area contributed by atoms with E-state index in [9.17, 15) is 20.0 Å². The van der Waals surface area contributed by atoms with E-state index in [0.717, 1.165) is 77.4 Å². The maximum Gasteiger partial charge on any atom is 0.315 e. The number of carbonyl (C=O) groups excluding carboxylic acids is 1. The first kappa shape index (κ1) is 37.7. The number of rotatable bonds is 12. The molecule has 11 heteroatoms. The third-order valence-electron chi connectivity index (χ3n) is 10.6. The number of hydrogen-bond acceptors (Lipinski definition) is 8. The monoisotopic (exact) mass is 741 g/mol. The van der Waals surface area contributed by atoms with Gasteiger partial charge in [0, 0.05) is 75.1 Å². The Morgan fingerprint density at radius 2 is 1.42 bits per heavy atom. The maximum atomic E-state index is 12.6. The lowest BCUT2D eigenvalue weighted by Crippen LogP contribution is -2.51. The topological polar surface area (TPSA) is 129 Å². The van der Waals surface area contributed by atoms with Crippen molar-refractivity contribution in [1.29, 1.82) is 0 Å². The number of nitrogens with zero attached hydrogens (tertiary/aromatic N) is 3. The highest BCUT2D eigenvalue weighted by molar-refractivity contribution is 5.75. The summed E-state index contributed by atoms with van der Waals surface area (Å²) in [4.78, 5) is 28.0. The molecule has 2 amide bonds. The summed E-state index contributed by atoms with van der Waals surface area (Å²) >= 11 is 0. The predicted octanol–water partition coefficient (Wildman–Crippen LogP) is 7.37. The zero-order chi connectivity index (χ0) is 38.1. The fraction of sp³-hybridized carbons (Fsp3) is 0.295. The van der Waals surface area contributed by atoms with Gasteiger partial charge >= 0.3 is 6.03 Å². The summed E-state index contributed by atoms with van der Waals surface area (Å²) < 4.78 is 13.5. The number of aliphatic hydroxyl groups is 1. The lowest BCUT2D eigenvalue weighted by atomic mass is 9.89. The summed E-state index contributed by atoms with van der Waals surface area (Å²) in [6, 6.07) is 40.6. The first-order valence-electron chi connectivity index (χ1n) is 18.8. The molecule has 4 unspecified atom stereocenters. The van der Waals surface area contributed by atoms with Crippen LogP contribution in [0, 0.1) is 16.0 Å². The average molecular weight is 742 g/mol. The van der Waals surface area contributed by atoms with Crippen LogP contribution in [0.15, 0.2) is 127 Å². The number of ether oxygens (including phenoxy) is 2. The highest BCUT2D eigenvalue weighted by atomic mass is 16.7. The Hall–Kier alpha value is -5.59. The molecule has 0 bridgehead atoms. The quantitative estimate of drug-likeness (QED) is 0.0894. The van der Waals surface area contributed by atoms with Gasteiger partial charge in [-0.3, -0.25) is 15.0 Å². The van der Waals surface area contributed by atoms with E-state index in [-0.39, 0.29) is 41.4 Å². The first-order valence-corrected chi connectivity index (χ1v) is 18.8. The van der Waals surface area contributed by atoms with E-state index in [1.54, 1.807) is 12.1 Å². The highest BCUT2D eigenvalue weighted by Crippen LogP contribution is 2.42. The van der Waals surface area contributed by atoms with Crippen LogP contribution in [-0.2, 0) is 29.2 Å². The second kappa shape index (κ2) is 17.7. The average Bonchev–Trinajstić information content (AvgIpc) is 3.24. The molecule has 3 N–H and O–H groups in total. The molecule has 2 fully saturated rings. The molecule has 5 aromatic carbocycles. The molecular formula is C44H47N5O6. The second-order valence-corrected chi connectivity index (χ2v) is 14.2. The first-order chi connectivity index (χ1) is 26.8. The van der Waals surface area contributed by atoms with Gasteiger partial charge in [0.05, 0.1) is 23.7 Å². The van der Waals surface area contributed by atoms with Crippen molar-refractivity contribution in [2.75, 3.05) is 37.6 Å². The number of non-ortho nitro benzene ring substituents is 1. The van der Waals surface area contributed by atoms with Gasteiger partial charge in [-0.2, -0.15) is 0 Å². The third kappa shape index (κ3) is 9.38. The third-order valence-corrected chi connectivity index (χ3v) is 10.6. The van der Waals surface area contributed by atoms with Gasteiger partial charge in [0.2, 0.25) is 0 Å². The van der Waals surface area contributed by atoms with Crippen molar-refractivity contribution >= 4 is 17.4 Å². The molecule has 284 valence electrons. The molecule has 0 radical (unpaired) electrons. The normalized spacial score (nSPS) is 20.1. The van der Waals surface area contributed by atoms with E-state index in [2.05, 4.69) is 57.7 Å². The predicted molar refractivity (Wildman–Crippen MR) is 212 cm³/mol. The summed E-state index contributed by atoms with van der Waals surface area (Å²) in [7, 11) is 0. The zero-order valence-corrected chi connectivity index (χ0v) is 30.9. The van der Waals surface area contributed by atoms with Crippen LogP contribution < -0.4 is 15.5 Å². The minimum atomic E-state index is -0.593. The standard InChI is InChI=1S/C44H47N5O6/c1-31-41(29-47-23-25-48(26-24-47)38-19-21-39(22-20-38)49(52)53)54-43(55-42(31)35-13-11-33(30-50)12-14-35)36-17-15-34(16-18-36)40-10-6-5-9-37(40)28-46-44(51)45-27-32-7-3-2-4-8-32/h2-22,31,41-43,50H,23-30H2,1H3,(H2,45,46,51). The number of nitro groups is 1. The summed E-state index contributed by atoms with van der Waals surface area (Å²) in [6.45, 7) is 7.01. The van der Waals surface area contributed by atoms with Gasteiger partial charge in [0.25, 0.3) is 5.69 Å². The van der Waals surface area contributed by atoms with Crippen molar-refractivity contribution < 1.29 is 24.3 Å². The minimum absolute atomic E-state index is 0.0193. The van der Waals surface area contributed by atoms with Gasteiger partial charge in [0.15, 0.2) is 6.29 Å². The van der Waals surface area contributed by atoms with Crippen LogP contribution in [0.3, 0.4) is 0 Å². The Balaban J connectivity index is 1.03. The van der Waals surface area contributed by atoms with E-state index in [1.807, 2.05) is 84.9 Å². The van der Waals surface area contributed by atoms with E-state index >= 15 is 0 Å². The summed E-state index contributed by atoms with van der Waals surface area (Å²) in [6.07, 6.45) is -0.937. The Morgan fingerprint density at radius 3 is 2.11 bits per heavy atom. The van der Waals surface area contributed by atoms with Crippen LogP contribution in [-0.4, -0.2) is 59.8 Å². The number of nitrogens with one attached hydrogen (secondary N) is 2. The van der Waals surface area contributed by atoms with Crippen LogP contribution in [0.4, 0.5) is 16.2 Å². The molecule has 0 saturated carbocycles. The Kier molecular flexibility index (Phi) is 12.1. The van der Waals surface area contributed by atoms with Crippen molar-refractivity contribution in [3.8, 4) is 11.1 Å². The molecule has 7 rings (SSSR count). The van der Waals surface area contributed by atoms with Gasteiger partial charge in [-0.1, -0.05) is 110 Å². The molecular weight excluding hydrogens is 695 g/mol. The minimum Gasteiger partial charge on any atom is -0.392 e. The van der Waals surface area contributed by atoms with E-state index in [1.165, 1.54) is 0 Å². The SMILES string of the molecule is CC1C(CN2CCN(c3ccc([N+](=O)[O-])cc3)CC2)OC(c2ccc(-c3ccccc3CNC(=O)NCc3ccccc3)cc2)OC1c1ccc(CO)cc1. The van der Waals surface area contributed by atoms with E-state index in [4.69, 9.17) is 9.47 Å². The van der Waals surface area contributed by atoms with Crippen molar-refractivity contribution in [1.82, 2.24) is 15.5 Å². The largest absolute Gasteiger partial charge is 0.392 e. The lowest BCUT2D eigenvalue weighted by Gasteiger charge is -2.44. The molecule has 5 aromatic rings. The Labute approximate surface area is 321 Å². The Bertz CT molecular complexity index is 2020. The van der Waals surface area contributed by atoms with Gasteiger partial charge < -0.3 is 30.1 Å². The molecule has 55 heavy (non-hydrogen) atoms. The Morgan fingerprint density at radius 1 is 0.764 bits per heavy atom. The molecule has 2 heterocycles. The number of benzene rings is 5. The summed E-state index contributed by atoms with van der Waals surface area (Å²) in [5.74, 6) is 0.0486. The lowest BCUT2D eigenvalue weighted by molar-refractivity contribution is -0.384. The molecule has 0 aliphatic carbocycles. The second-order valence-electron chi connectivity index (χ2n) is 14.2. The molecule has 2 aliphatic rings. The van der Waals surface area contributed by atoms with Crippen molar-refractivity contribution in [3.63, 3.8) is 0 Å². The molecule has 4 atom stereocenters. The van der Waals surface area contributed by atoms with E-state index < -0.39 is 6.29 Å². The van der Waals surface area contributed by atoms with Crippen LogP contribution in [0.1, 0.15) is 47.1 Å². The van der Waals surface area contributed by atoms with Gasteiger partial charge in [-0.15, -0.1) is 0 Å². The molecule has 2 saturated heterocycles. The summed E-state index contributed by atoms with van der Waals surface area (Å²) in [5.41, 5.74) is 7.97. The fourth-order valence-electron chi connectivity index (χ4n) is 7.35. The number of piperazine rings is 1. The van der Waals surface area contributed by atoms with Crippen LogP contribution in [0.2, 0.25) is 0 Å². The number of aliphatic hydroxyl groups excluding tert-OH is 1. The molecule has 0 aromatic heterocycles. The summed E-state index contributed by atoms with van der Waals surface area (Å²) in [5, 5.41) is 26.7. The molecule has 11 nitrogen and oxygen atoms in total. The van der Waals surface area contributed by atoms with Crippen LogP contribution in [0.5, 0.6) is 0 Å². The highest BCUT2D eigenvalue weighted by Gasteiger charge is 2.39. The smallest absolute Gasteiger partial charge is 0.315 e. The number of amides is 2. The van der Waals surface area contributed by atoms with Gasteiger partial charge in [-0.25, -0.2) is 4.79 Å². The van der Waals surface area contributed by atoms with E-state index in [0.29, 0.717) is 13.1 Å². The van der Waals surface area contributed by atoms with Gasteiger partial charge in [0.1, 0.15) is 0 Å². The zero-order valence-electron chi connectivity index (χ0n) is 30.9. The van der Waals surface area contributed by atoms with Crippen LogP contribution >= 0.6 is 0 Å². The number of anilines is 1. The number of carbonyl (C=O) groups is 1. The van der Waals surface area contributed by atoms with Crippen molar-refractivity contribution in [2.24, 2.45) is 5.92 Å². The molecule has 0 spiro atoms. The molecule has 2 aliphatic heterocycles. The number of nitro benzene ring substituents is 1. The van der Waals surface area contributed by atoms with Crippen molar-refractivity contribution in [3.05, 3.63) is 165 Å². The maximum absolute atomic E-state index is 12.6. The van der Waals surface area contributed by atoms with Crippen LogP contribution in [0.25, 0.3) is 11.1 Å². The fourth-order valence-corrected chi connectivity index (χ4v) is 7.35.